The predicted octanol–water partition coefficient (Wildman–Crippen LogP) is 0.672. The van der Waals surface area contributed by atoms with Crippen LogP contribution in [0.5, 0.6) is 5.75 Å². The molecule has 1 aromatic rings. The van der Waals surface area contributed by atoms with Gasteiger partial charge >= 0.3 is 0 Å². The molecule has 2 rings (SSSR count). The third kappa shape index (κ3) is 4.39. The Bertz CT molecular complexity index is 676. The van der Waals surface area contributed by atoms with Gasteiger partial charge in [-0.25, -0.2) is 8.42 Å². The van der Waals surface area contributed by atoms with Crippen LogP contribution in [-0.2, 0) is 14.8 Å². The summed E-state index contributed by atoms with van der Waals surface area (Å²) in [6, 6.07) is 6.88. The van der Waals surface area contributed by atoms with Crippen molar-refractivity contribution >= 4 is 21.6 Å². The van der Waals surface area contributed by atoms with Gasteiger partial charge < -0.3 is 15.0 Å². The summed E-state index contributed by atoms with van der Waals surface area (Å²) in [7, 11) is 0.467. The number of ether oxygens (including phenoxy) is 1. The first kappa shape index (κ1) is 18.5. The molecule has 0 aliphatic carbocycles. The number of carbonyl (C=O) groups is 1. The highest BCUT2D eigenvalue weighted by molar-refractivity contribution is 7.92. The van der Waals surface area contributed by atoms with E-state index in [0.29, 0.717) is 18.0 Å². The molecular weight excluding hydrogens is 330 g/mol. The number of hydrogen-bond donors (Lipinski definition) is 1. The van der Waals surface area contributed by atoms with E-state index in [9.17, 15) is 13.2 Å². The molecule has 0 unspecified atom stereocenters. The van der Waals surface area contributed by atoms with Gasteiger partial charge in [0.15, 0.2) is 6.10 Å². The standard InChI is InChI=1S/C16H25N3O4S/c1-4-24(21,22)19-12-15(16(20)17-10-7-11-18(2)3)23-14-9-6-5-8-13(14)19/h5-6,8-9,15H,4,7,10-12H2,1-3H3,(H,17,20)/t15-/m0/s1. The van der Waals surface area contributed by atoms with Crippen LogP contribution in [0.15, 0.2) is 24.3 Å². The highest BCUT2D eigenvalue weighted by Crippen LogP contribution is 2.34. The fourth-order valence-electron chi connectivity index (χ4n) is 2.48. The van der Waals surface area contributed by atoms with E-state index in [1.807, 2.05) is 19.0 Å². The Morgan fingerprint density at radius 3 is 2.75 bits per heavy atom. The lowest BCUT2D eigenvalue weighted by atomic mass is 10.2. The van der Waals surface area contributed by atoms with E-state index in [1.54, 1.807) is 31.2 Å². The molecule has 0 aromatic heterocycles. The minimum atomic E-state index is -3.47. The maximum Gasteiger partial charge on any atom is 0.263 e. The number of hydrogen-bond acceptors (Lipinski definition) is 5. The summed E-state index contributed by atoms with van der Waals surface area (Å²) in [4.78, 5) is 14.4. The molecule has 1 amide bonds. The second kappa shape index (κ2) is 7.85. The number of nitrogens with one attached hydrogen (secondary N) is 1. The van der Waals surface area contributed by atoms with E-state index >= 15 is 0 Å². The van der Waals surface area contributed by atoms with Gasteiger partial charge in [-0.2, -0.15) is 0 Å². The molecular formula is C16H25N3O4S. The first-order valence-corrected chi connectivity index (χ1v) is 9.64. The van der Waals surface area contributed by atoms with Crippen LogP contribution in [0.1, 0.15) is 13.3 Å². The molecule has 0 spiro atoms. The van der Waals surface area contributed by atoms with Crippen LogP contribution in [-0.4, -0.2) is 64.8 Å². The van der Waals surface area contributed by atoms with Crippen molar-refractivity contribution in [3.05, 3.63) is 24.3 Å². The molecule has 0 saturated carbocycles. The number of para-hydroxylation sites is 2. The third-order valence-electron chi connectivity index (χ3n) is 3.81. The van der Waals surface area contributed by atoms with Gasteiger partial charge in [0.25, 0.3) is 5.91 Å². The molecule has 8 heteroatoms. The lowest BCUT2D eigenvalue weighted by Crippen LogP contribution is -2.51. The number of sulfonamides is 1. The SMILES string of the molecule is CCS(=O)(=O)N1C[C@@H](C(=O)NCCCN(C)C)Oc2ccccc21. The number of carbonyl (C=O) groups excluding carboxylic acids is 1. The summed E-state index contributed by atoms with van der Waals surface area (Å²) in [5.74, 6) is 0.0900. The van der Waals surface area contributed by atoms with Crippen LogP contribution >= 0.6 is 0 Å². The number of benzene rings is 1. The molecule has 1 heterocycles. The highest BCUT2D eigenvalue weighted by Gasteiger charge is 2.35. The Labute approximate surface area is 143 Å². The molecule has 1 atom stereocenters. The van der Waals surface area contributed by atoms with Crippen LogP contribution in [0.4, 0.5) is 5.69 Å². The van der Waals surface area contributed by atoms with Gasteiger partial charge in [-0.05, 0) is 46.1 Å². The second-order valence-electron chi connectivity index (χ2n) is 5.95. The van der Waals surface area contributed by atoms with E-state index < -0.39 is 16.1 Å². The summed E-state index contributed by atoms with van der Waals surface area (Å²) in [6.45, 7) is 2.97. The van der Waals surface area contributed by atoms with Crippen molar-refractivity contribution in [1.29, 1.82) is 0 Å². The van der Waals surface area contributed by atoms with Gasteiger partial charge in [0.1, 0.15) is 5.75 Å². The van der Waals surface area contributed by atoms with Gasteiger partial charge in [-0.3, -0.25) is 9.10 Å². The van der Waals surface area contributed by atoms with E-state index in [1.165, 1.54) is 4.31 Å². The second-order valence-corrected chi connectivity index (χ2v) is 8.14. The number of nitrogens with zero attached hydrogens (tertiary/aromatic N) is 2. The molecule has 134 valence electrons. The smallest absolute Gasteiger partial charge is 0.263 e. The molecule has 0 bridgehead atoms. The van der Waals surface area contributed by atoms with E-state index in [-0.39, 0.29) is 18.2 Å². The summed E-state index contributed by atoms with van der Waals surface area (Å²) < 4.78 is 31.7. The summed E-state index contributed by atoms with van der Waals surface area (Å²) in [5, 5.41) is 2.82. The molecule has 1 aromatic carbocycles. The van der Waals surface area contributed by atoms with Gasteiger partial charge in [0.2, 0.25) is 10.0 Å². The van der Waals surface area contributed by atoms with Crippen LogP contribution in [0.2, 0.25) is 0 Å². The number of fused-ring (bicyclic) bond motifs is 1. The number of amides is 1. The van der Waals surface area contributed by atoms with E-state index in [4.69, 9.17) is 4.74 Å². The van der Waals surface area contributed by atoms with Crippen molar-refractivity contribution < 1.29 is 17.9 Å². The first-order chi connectivity index (χ1) is 11.3. The van der Waals surface area contributed by atoms with Gasteiger partial charge in [-0.15, -0.1) is 0 Å². The number of anilines is 1. The molecule has 0 saturated heterocycles. The van der Waals surface area contributed by atoms with E-state index in [2.05, 4.69) is 5.32 Å². The van der Waals surface area contributed by atoms with E-state index in [0.717, 1.165) is 13.0 Å². The van der Waals surface area contributed by atoms with Crippen LogP contribution in [0.3, 0.4) is 0 Å². The topological polar surface area (TPSA) is 79.0 Å². The van der Waals surface area contributed by atoms with Gasteiger partial charge in [0.05, 0.1) is 18.0 Å². The molecule has 0 fully saturated rings. The average Bonchev–Trinajstić information content (AvgIpc) is 2.57. The van der Waals surface area contributed by atoms with Crippen LogP contribution in [0, 0.1) is 0 Å². The van der Waals surface area contributed by atoms with Crippen molar-refractivity contribution in [3.8, 4) is 5.75 Å². The Balaban J connectivity index is 2.10. The van der Waals surface area contributed by atoms with Crippen molar-refractivity contribution in [2.75, 3.05) is 43.8 Å². The van der Waals surface area contributed by atoms with Crippen molar-refractivity contribution in [2.45, 2.75) is 19.4 Å². The largest absolute Gasteiger partial charge is 0.476 e. The molecule has 0 radical (unpaired) electrons. The summed E-state index contributed by atoms with van der Waals surface area (Å²) in [6.07, 6.45) is -0.0282. The Morgan fingerprint density at radius 1 is 1.38 bits per heavy atom. The Morgan fingerprint density at radius 2 is 2.08 bits per heavy atom. The maximum atomic E-state index is 12.4. The van der Waals surface area contributed by atoms with Crippen LogP contribution < -0.4 is 14.4 Å². The Kier molecular flexibility index (Phi) is 6.06. The fourth-order valence-corrected chi connectivity index (χ4v) is 3.60. The minimum Gasteiger partial charge on any atom is -0.476 e. The zero-order valence-corrected chi connectivity index (χ0v) is 15.2. The average molecular weight is 355 g/mol. The minimum absolute atomic E-state index is 0.00724. The Hall–Kier alpha value is -1.80. The van der Waals surface area contributed by atoms with Crippen LogP contribution in [0.25, 0.3) is 0 Å². The monoisotopic (exact) mass is 355 g/mol. The zero-order chi connectivity index (χ0) is 17.7. The fraction of sp³-hybridized carbons (Fsp3) is 0.562. The van der Waals surface area contributed by atoms with Crippen molar-refractivity contribution in [2.24, 2.45) is 0 Å². The van der Waals surface area contributed by atoms with Gasteiger partial charge in [0, 0.05) is 6.54 Å². The quantitative estimate of drug-likeness (QED) is 0.728. The number of rotatable bonds is 7. The summed E-state index contributed by atoms with van der Waals surface area (Å²) in [5.41, 5.74) is 0.482. The van der Waals surface area contributed by atoms with Crippen molar-refractivity contribution in [1.82, 2.24) is 10.2 Å². The molecule has 1 N–H and O–H groups in total. The molecule has 24 heavy (non-hydrogen) atoms. The van der Waals surface area contributed by atoms with Gasteiger partial charge in [-0.1, -0.05) is 12.1 Å². The highest BCUT2D eigenvalue weighted by atomic mass is 32.2. The lowest BCUT2D eigenvalue weighted by molar-refractivity contribution is -0.127. The molecule has 7 nitrogen and oxygen atoms in total. The lowest BCUT2D eigenvalue weighted by Gasteiger charge is -2.34. The summed E-state index contributed by atoms with van der Waals surface area (Å²) >= 11 is 0. The van der Waals surface area contributed by atoms with Crippen molar-refractivity contribution in [3.63, 3.8) is 0 Å². The predicted molar refractivity (Wildman–Crippen MR) is 93.8 cm³/mol. The normalized spacial score (nSPS) is 17.3. The third-order valence-corrected chi connectivity index (χ3v) is 5.56. The zero-order valence-electron chi connectivity index (χ0n) is 14.4. The molecule has 1 aliphatic rings. The first-order valence-electron chi connectivity index (χ1n) is 8.03. The maximum absolute atomic E-state index is 12.4. The molecule has 1 aliphatic heterocycles.